The van der Waals surface area contributed by atoms with Crippen LogP contribution in [0.4, 0.5) is 16.2 Å². The monoisotopic (exact) mass is 242 g/mol. The number of phenols is 1. The van der Waals surface area contributed by atoms with Crippen LogP contribution in [0.5, 0.6) is 5.75 Å². The van der Waals surface area contributed by atoms with Gasteiger partial charge in [-0.1, -0.05) is 24.3 Å². The van der Waals surface area contributed by atoms with Gasteiger partial charge in [-0.25, -0.2) is 4.79 Å². The second-order valence-corrected chi connectivity index (χ2v) is 3.95. The van der Waals surface area contributed by atoms with Crippen molar-refractivity contribution in [3.05, 3.63) is 54.1 Å². The predicted molar refractivity (Wildman–Crippen MR) is 71.9 cm³/mol. The Morgan fingerprint density at radius 2 is 1.67 bits per heavy atom. The summed E-state index contributed by atoms with van der Waals surface area (Å²) in [7, 11) is 0. The summed E-state index contributed by atoms with van der Waals surface area (Å²) in [5, 5.41) is 14.9. The molecule has 0 atom stereocenters. The maximum absolute atomic E-state index is 11.7. The third-order valence-corrected chi connectivity index (χ3v) is 2.50. The topological polar surface area (TPSA) is 61.4 Å². The van der Waals surface area contributed by atoms with E-state index in [1.54, 1.807) is 31.2 Å². The molecule has 92 valence electrons. The van der Waals surface area contributed by atoms with Gasteiger partial charge < -0.3 is 15.7 Å². The number of hydrogen-bond donors (Lipinski definition) is 3. The highest BCUT2D eigenvalue weighted by molar-refractivity contribution is 5.99. The average molecular weight is 242 g/mol. The Balaban J connectivity index is 2.01. The number of aryl methyl sites for hydroxylation is 1. The molecular weight excluding hydrogens is 228 g/mol. The number of rotatable bonds is 2. The summed E-state index contributed by atoms with van der Waals surface area (Å²) in [6.45, 7) is 1.79. The van der Waals surface area contributed by atoms with Crippen LogP contribution in [0.2, 0.25) is 0 Å². The highest BCUT2D eigenvalue weighted by Gasteiger charge is 2.03. The maximum atomic E-state index is 11.7. The van der Waals surface area contributed by atoms with Gasteiger partial charge in [0.05, 0.1) is 0 Å². The summed E-state index contributed by atoms with van der Waals surface area (Å²) < 4.78 is 0. The number of para-hydroxylation sites is 1. The van der Waals surface area contributed by atoms with Gasteiger partial charge in [0, 0.05) is 17.4 Å². The molecule has 2 aromatic carbocycles. The van der Waals surface area contributed by atoms with E-state index in [1.807, 2.05) is 18.2 Å². The molecule has 4 heteroatoms. The van der Waals surface area contributed by atoms with Crippen molar-refractivity contribution in [1.29, 1.82) is 0 Å². The third kappa shape index (κ3) is 3.01. The van der Waals surface area contributed by atoms with Crippen LogP contribution in [-0.4, -0.2) is 11.1 Å². The predicted octanol–water partition coefficient (Wildman–Crippen LogP) is 3.34. The Hall–Kier alpha value is -2.49. The lowest BCUT2D eigenvalue weighted by atomic mass is 10.2. The fourth-order valence-corrected chi connectivity index (χ4v) is 1.50. The van der Waals surface area contributed by atoms with E-state index >= 15 is 0 Å². The minimum Gasteiger partial charge on any atom is -0.508 e. The highest BCUT2D eigenvalue weighted by Crippen LogP contribution is 2.20. The molecule has 0 fully saturated rings. The molecule has 0 radical (unpaired) electrons. The van der Waals surface area contributed by atoms with Crippen molar-refractivity contribution in [3.63, 3.8) is 0 Å². The molecule has 2 rings (SSSR count). The maximum Gasteiger partial charge on any atom is 0.323 e. The van der Waals surface area contributed by atoms with Gasteiger partial charge in [0.15, 0.2) is 0 Å². The first kappa shape index (κ1) is 12.0. The molecule has 0 aliphatic rings. The van der Waals surface area contributed by atoms with E-state index in [0.717, 1.165) is 5.56 Å². The SMILES string of the molecule is Cc1ccc(NC(=O)Nc2ccccc2)cc1O. The van der Waals surface area contributed by atoms with Gasteiger partial charge in [-0.2, -0.15) is 0 Å². The lowest BCUT2D eigenvalue weighted by Crippen LogP contribution is -2.19. The van der Waals surface area contributed by atoms with Gasteiger partial charge in [-0.05, 0) is 30.7 Å². The molecule has 2 aromatic rings. The molecule has 0 aromatic heterocycles. The number of benzene rings is 2. The smallest absolute Gasteiger partial charge is 0.323 e. The number of carbonyl (C=O) groups excluding carboxylic acids is 1. The van der Waals surface area contributed by atoms with Crippen molar-refractivity contribution in [2.24, 2.45) is 0 Å². The van der Waals surface area contributed by atoms with Crippen LogP contribution in [0.1, 0.15) is 5.56 Å². The molecule has 0 aliphatic carbocycles. The molecule has 18 heavy (non-hydrogen) atoms. The van der Waals surface area contributed by atoms with E-state index in [2.05, 4.69) is 10.6 Å². The molecule has 0 saturated carbocycles. The lowest BCUT2D eigenvalue weighted by Gasteiger charge is -2.08. The van der Waals surface area contributed by atoms with Crippen LogP contribution < -0.4 is 10.6 Å². The molecule has 3 N–H and O–H groups in total. The Labute approximate surface area is 105 Å². The van der Waals surface area contributed by atoms with Crippen LogP contribution in [0.15, 0.2) is 48.5 Å². The minimum atomic E-state index is -0.343. The number of nitrogens with one attached hydrogen (secondary N) is 2. The zero-order valence-electron chi connectivity index (χ0n) is 9.97. The number of carbonyl (C=O) groups is 1. The van der Waals surface area contributed by atoms with Crippen molar-refractivity contribution in [2.75, 3.05) is 10.6 Å². The number of amides is 2. The molecule has 0 saturated heterocycles. The Kier molecular flexibility index (Phi) is 3.48. The molecule has 0 spiro atoms. The first-order valence-electron chi connectivity index (χ1n) is 5.58. The van der Waals surface area contributed by atoms with Crippen molar-refractivity contribution in [1.82, 2.24) is 0 Å². The van der Waals surface area contributed by atoms with Gasteiger partial charge in [-0.3, -0.25) is 0 Å². The normalized spacial score (nSPS) is 9.83. The van der Waals surface area contributed by atoms with Gasteiger partial charge >= 0.3 is 6.03 Å². The Morgan fingerprint density at radius 1 is 1.00 bits per heavy atom. The Morgan fingerprint density at radius 3 is 2.33 bits per heavy atom. The first-order chi connectivity index (χ1) is 8.65. The number of phenolic OH excluding ortho intramolecular Hbond substituents is 1. The van der Waals surface area contributed by atoms with Gasteiger partial charge in [0.2, 0.25) is 0 Å². The van der Waals surface area contributed by atoms with E-state index in [4.69, 9.17) is 0 Å². The number of aromatic hydroxyl groups is 1. The van der Waals surface area contributed by atoms with E-state index in [9.17, 15) is 9.90 Å². The molecule has 4 nitrogen and oxygen atoms in total. The van der Waals surface area contributed by atoms with Crippen molar-refractivity contribution >= 4 is 17.4 Å². The van der Waals surface area contributed by atoms with Crippen LogP contribution in [0, 0.1) is 6.92 Å². The number of hydrogen-bond acceptors (Lipinski definition) is 2. The van der Waals surface area contributed by atoms with E-state index in [0.29, 0.717) is 11.4 Å². The molecule has 0 aliphatic heterocycles. The minimum absolute atomic E-state index is 0.160. The summed E-state index contributed by atoms with van der Waals surface area (Å²) in [6, 6.07) is 13.8. The van der Waals surface area contributed by atoms with E-state index < -0.39 is 0 Å². The molecule has 0 bridgehead atoms. The van der Waals surface area contributed by atoms with Crippen molar-refractivity contribution < 1.29 is 9.90 Å². The summed E-state index contributed by atoms with van der Waals surface area (Å²) >= 11 is 0. The lowest BCUT2D eigenvalue weighted by molar-refractivity contribution is 0.262. The fourth-order valence-electron chi connectivity index (χ4n) is 1.50. The largest absolute Gasteiger partial charge is 0.508 e. The van der Waals surface area contributed by atoms with Gasteiger partial charge in [0.1, 0.15) is 5.75 Å². The second-order valence-electron chi connectivity index (χ2n) is 3.95. The standard InChI is InChI=1S/C14H14N2O2/c1-10-7-8-12(9-13(10)17)16-14(18)15-11-5-3-2-4-6-11/h2-9,17H,1H3,(H2,15,16,18). The molecule has 0 heterocycles. The van der Waals surface area contributed by atoms with Crippen LogP contribution >= 0.6 is 0 Å². The quantitative estimate of drug-likeness (QED) is 0.756. The second kappa shape index (κ2) is 5.23. The average Bonchev–Trinajstić information content (AvgIpc) is 2.35. The number of anilines is 2. The Bertz CT molecular complexity index is 553. The van der Waals surface area contributed by atoms with Gasteiger partial charge in [0.25, 0.3) is 0 Å². The van der Waals surface area contributed by atoms with Crippen LogP contribution in [0.3, 0.4) is 0 Å². The first-order valence-corrected chi connectivity index (χ1v) is 5.58. The van der Waals surface area contributed by atoms with Crippen molar-refractivity contribution in [3.8, 4) is 5.75 Å². The summed E-state index contributed by atoms with van der Waals surface area (Å²) in [5.74, 6) is 0.160. The summed E-state index contributed by atoms with van der Waals surface area (Å²) in [6.07, 6.45) is 0. The van der Waals surface area contributed by atoms with E-state index in [-0.39, 0.29) is 11.8 Å². The van der Waals surface area contributed by atoms with Crippen LogP contribution in [-0.2, 0) is 0 Å². The fraction of sp³-hybridized carbons (Fsp3) is 0.0714. The number of urea groups is 1. The molecular formula is C14H14N2O2. The van der Waals surface area contributed by atoms with Crippen molar-refractivity contribution in [2.45, 2.75) is 6.92 Å². The highest BCUT2D eigenvalue weighted by atomic mass is 16.3. The van der Waals surface area contributed by atoms with Crippen LogP contribution in [0.25, 0.3) is 0 Å². The molecule has 0 unspecified atom stereocenters. The van der Waals surface area contributed by atoms with Gasteiger partial charge in [-0.15, -0.1) is 0 Å². The summed E-state index contributed by atoms with van der Waals surface area (Å²) in [5.41, 5.74) is 2.03. The van der Waals surface area contributed by atoms with E-state index in [1.165, 1.54) is 6.07 Å². The molecule has 2 amide bonds. The third-order valence-electron chi connectivity index (χ3n) is 2.50. The zero-order chi connectivity index (χ0) is 13.0. The zero-order valence-corrected chi connectivity index (χ0v) is 9.97. The summed E-state index contributed by atoms with van der Waals surface area (Å²) in [4.78, 5) is 11.7.